The number of fused-ring (bicyclic) bond motifs is 2. The minimum atomic E-state index is -1.43. The van der Waals surface area contributed by atoms with E-state index in [0.29, 0.717) is 25.2 Å². The molecule has 0 saturated carbocycles. The zero-order valence-corrected chi connectivity index (χ0v) is 16.2. The molecule has 2 aromatic rings. The van der Waals surface area contributed by atoms with Gasteiger partial charge >= 0.3 is 5.97 Å². The van der Waals surface area contributed by atoms with Crippen molar-refractivity contribution < 1.29 is 23.4 Å². The van der Waals surface area contributed by atoms with Crippen molar-refractivity contribution in [2.75, 3.05) is 37.8 Å². The predicted molar refractivity (Wildman–Crippen MR) is 104 cm³/mol. The number of anilines is 1. The normalized spacial score (nSPS) is 22.1. The molecule has 2 unspecified atom stereocenters. The van der Waals surface area contributed by atoms with Crippen LogP contribution in [0.2, 0.25) is 0 Å². The number of carbonyl (C=O) groups is 1. The average Bonchev–Trinajstić information content (AvgIpc) is 3.11. The number of halogens is 2. The Balaban J connectivity index is 1.90. The molecule has 156 valence electrons. The molecule has 2 N–H and O–H groups in total. The smallest absolute Gasteiger partial charge is 0.341 e. The molecule has 2 aliphatic rings. The maximum Gasteiger partial charge on any atom is 0.341 e. The lowest BCUT2D eigenvalue weighted by molar-refractivity contribution is 0.0212. The van der Waals surface area contributed by atoms with Crippen molar-refractivity contribution in [2.24, 2.45) is 0 Å². The molecule has 0 amide bonds. The summed E-state index contributed by atoms with van der Waals surface area (Å²) in [4.78, 5) is 26.0. The number of alkyl halides is 1. The number of pyridine rings is 1. The third-order valence-electron chi connectivity index (χ3n) is 5.73. The van der Waals surface area contributed by atoms with Gasteiger partial charge in [-0.3, -0.25) is 4.79 Å². The van der Waals surface area contributed by atoms with Gasteiger partial charge in [0.25, 0.3) is 0 Å². The van der Waals surface area contributed by atoms with Crippen LogP contribution in [-0.2, 0) is 10.3 Å². The number of morpholine rings is 1. The van der Waals surface area contributed by atoms with Crippen LogP contribution in [0.4, 0.5) is 14.5 Å². The average molecular weight is 407 g/mol. The number of hydrogen-bond donors (Lipinski definition) is 2. The lowest BCUT2D eigenvalue weighted by atomic mass is 10.0. The van der Waals surface area contributed by atoms with E-state index in [4.69, 9.17) is 4.74 Å². The van der Waals surface area contributed by atoms with Gasteiger partial charge in [-0.05, 0) is 26.0 Å². The molecule has 0 spiro atoms. The van der Waals surface area contributed by atoms with Gasteiger partial charge in [-0.1, -0.05) is 0 Å². The molecule has 1 aromatic heterocycles. The van der Waals surface area contributed by atoms with Crippen LogP contribution in [0.3, 0.4) is 0 Å². The number of nitrogens with one attached hydrogen (secondary N) is 1. The van der Waals surface area contributed by atoms with Gasteiger partial charge in [0.05, 0.1) is 35.5 Å². The zero-order chi connectivity index (χ0) is 20.9. The van der Waals surface area contributed by atoms with E-state index in [2.05, 4.69) is 5.32 Å². The molecule has 0 radical (unpaired) electrons. The first-order valence-electron chi connectivity index (χ1n) is 9.51. The lowest BCUT2D eigenvalue weighted by Crippen LogP contribution is -2.47. The minimum Gasteiger partial charge on any atom is -0.477 e. The number of aromatic nitrogens is 1. The van der Waals surface area contributed by atoms with Crippen LogP contribution in [-0.4, -0.2) is 60.7 Å². The Morgan fingerprint density at radius 1 is 1.38 bits per heavy atom. The van der Waals surface area contributed by atoms with E-state index in [9.17, 15) is 23.5 Å². The highest BCUT2D eigenvalue weighted by Gasteiger charge is 2.37. The molecule has 9 heteroatoms. The maximum absolute atomic E-state index is 15.0. The van der Waals surface area contributed by atoms with Gasteiger partial charge in [0.15, 0.2) is 0 Å². The molecule has 3 heterocycles. The van der Waals surface area contributed by atoms with Crippen LogP contribution in [0.25, 0.3) is 10.9 Å². The van der Waals surface area contributed by atoms with E-state index < -0.39 is 35.0 Å². The number of hydrogen-bond acceptors (Lipinski definition) is 5. The first kappa shape index (κ1) is 19.8. The Hall–Kier alpha value is -2.52. The Kier molecular flexibility index (Phi) is 4.82. The van der Waals surface area contributed by atoms with Gasteiger partial charge in [0, 0.05) is 31.2 Å². The highest BCUT2D eigenvalue weighted by Crippen LogP contribution is 2.31. The molecule has 0 aliphatic carbocycles. The zero-order valence-electron chi connectivity index (χ0n) is 16.2. The second kappa shape index (κ2) is 7.07. The number of aromatic carboxylic acids is 1. The van der Waals surface area contributed by atoms with Gasteiger partial charge < -0.3 is 24.6 Å². The molecular formula is C20H23F2N3O4. The van der Waals surface area contributed by atoms with Crippen LogP contribution >= 0.6 is 0 Å². The van der Waals surface area contributed by atoms with Gasteiger partial charge in [0.2, 0.25) is 5.43 Å². The van der Waals surface area contributed by atoms with E-state index >= 15 is 0 Å². The van der Waals surface area contributed by atoms with E-state index in [1.807, 2.05) is 4.90 Å². The fourth-order valence-electron chi connectivity index (χ4n) is 4.08. The van der Waals surface area contributed by atoms with Crippen LogP contribution in [0.5, 0.6) is 0 Å². The second-order valence-electron chi connectivity index (χ2n) is 8.19. The molecular weight excluding hydrogens is 384 g/mol. The van der Waals surface area contributed by atoms with Gasteiger partial charge in [-0.15, -0.1) is 0 Å². The summed E-state index contributed by atoms with van der Waals surface area (Å²) in [6.45, 7) is 4.75. The van der Waals surface area contributed by atoms with E-state index in [0.717, 1.165) is 18.8 Å². The standard InChI is InChI=1S/C20H23F2N3O4/c1-20(2,10-21)25-7-12(19(27)28)18(26)11-5-13(22)16(6-15(11)25)24-8-14-17(9-24)29-4-3-23-14/h5-7,14,17,23H,3-4,8-10H2,1-2H3,(H,27,28). The van der Waals surface area contributed by atoms with Crippen molar-refractivity contribution in [2.45, 2.75) is 31.5 Å². The highest BCUT2D eigenvalue weighted by molar-refractivity contribution is 5.93. The number of ether oxygens (including phenoxy) is 1. The fraction of sp³-hybridized carbons (Fsp3) is 0.500. The summed E-state index contributed by atoms with van der Waals surface area (Å²) in [7, 11) is 0. The predicted octanol–water partition coefficient (Wildman–Crippen LogP) is 1.72. The molecule has 0 bridgehead atoms. The Bertz CT molecular complexity index is 1020. The van der Waals surface area contributed by atoms with Gasteiger partial charge in [-0.25, -0.2) is 13.6 Å². The first-order valence-corrected chi connectivity index (χ1v) is 9.51. The van der Waals surface area contributed by atoms with E-state index in [-0.39, 0.29) is 23.2 Å². The summed E-state index contributed by atoms with van der Waals surface area (Å²) in [5.74, 6) is -2.06. The summed E-state index contributed by atoms with van der Waals surface area (Å²) >= 11 is 0. The summed E-state index contributed by atoms with van der Waals surface area (Å²) in [6, 6.07) is 2.64. The van der Waals surface area contributed by atoms with Crippen LogP contribution in [0, 0.1) is 5.82 Å². The topological polar surface area (TPSA) is 83.8 Å². The van der Waals surface area contributed by atoms with Crippen LogP contribution in [0.1, 0.15) is 24.2 Å². The van der Waals surface area contributed by atoms with E-state index in [1.54, 1.807) is 13.8 Å². The van der Waals surface area contributed by atoms with E-state index in [1.165, 1.54) is 10.6 Å². The molecule has 2 aliphatic heterocycles. The minimum absolute atomic E-state index is 0.0577. The summed E-state index contributed by atoms with van der Waals surface area (Å²) < 4.78 is 35.9. The Morgan fingerprint density at radius 2 is 2.14 bits per heavy atom. The number of benzene rings is 1. The first-order chi connectivity index (χ1) is 13.7. The number of rotatable bonds is 4. The van der Waals surface area contributed by atoms with Crippen molar-refractivity contribution in [1.29, 1.82) is 0 Å². The molecule has 2 fully saturated rings. The molecule has 7 nitrogen and oxygen atoms in total. The summed E-state index contributed by atoms with van der Waals surface area (Å²) in [5, 5.41) is 12.6. The van der Waals surface area contributed by atoms with Crippen molar-refractivity contribution >= 4 is 22.6 Å². The third-order valence-corrected chi connectivity index (χ3v) is 5.73. The van der Waals surface area contributed by atoms with Crippen molar-refractivity contribution in [3.8, 4) is 0 Å². The Labute approximate surface area is 165 Å². The summed E-state index contributed by atoms with van der Waals surface area (Å²) in [6.07, 6.45) is 1.08. The van der Waals surface area contributed by atoms with Gasteiger partial charge in [-0.2, -0.15) is 0 Å². The number of carboxylic acids is 1. The second-order valence-corrected chi connectivity index (χ2v) is 8.19. The highest BCUT2D eigenvalue weighted by atomic mass is 19.1. The number of nitrogens with zero attached hydrogens (tertiary/aromatic N) is 2. The monoisotopic (exact) mass is 407 g/mol. The fourth-order valence-corrected chi connectivity index (χ4v) is 4.08. The maximum atomic E-state index is 15.0. The van der Waals surface area contributed by atoms with Gasteiger partial charge in [0.1, 0.15) is 18.1 Å². The molecule has 29 heavy (non-hydrogen) atoms. The van der Waals surface area contributed by atoms with Crippen molar-refractivity contribution in [3.63, 3.8) is 0 Å². The Morgan fingerprint density at radius 3 is 2.79 bits per heavy atom. The molecule has 2 saturated heterocycles. The molecule has 1 aromatic carbocycles. The third kappa shape index (κ3) is 3.28. The largest absolute Gasteiger partial charge is 0.477 e. The van der Waals surface area contributed by atoms with Crippen molar-refractivity contribution in [3.05, 3.63) is 39.9 Å². The SMILES string of the molecule is CC(C)(CF)n1cc(C(=O)O)c(=O)c2cc(F)c(N3CC4NCCOC4C3)cc21. The van der Waals surface area contributed by atoms with Crippen molar-refractivity contribution in [1.82, 2.24) is 9.88 Å². The molecule has 4 rings (SSSR count). The summed E-state index contributed by atoms with van der Waals surface area (Å²) in [5.41, 5.74) is -1.85. The lowest BCUT2D eigenvalue weighted by Gasteiger charge is -2.28. The van der Waals surface area contributed by atoms with Crippen LogP contribution in [0.15, 0.2) is 23.1 Å². The quantitative estimate of drug-likeness (QED) is 0.803. The number of carboxylic acid groups (broad SMARTS) is 1. The van der Waals surface area contributed by atoms with Crippen LogP contribution < -0.4 is 15.6 Å². The molecule has 2 atom stereocenters.